The van der Waals surface area contributed by atoms with Crippen LogP contribution >= 0.6 is 34.2 Å². The first kappa shape index (κ1) is 6.98. The molecule has 0 spiro atoms. The normalized spacial score (nSPS) is 14.5. The second kappa shape index (κ2) is 4.15. The van der Waals surface area contributed by atoms with Crippen LogP contribution in [-0.2, 0) is 0 Å². The topological polar surface area (TPSA) is 26.0 Å². The molecule has 0 aliphatic heterocycles. The summed E-state index contributed by atoms with van der Waals surface area (Å²) < 4.78 is 0.448. The monoisotopic (exact) mass is 219 g/mol. The van der Waals surface area contributed by atoms with E-state index in [1.165, 1.54) is 0 Å². The van der Waals surface area contributed by atoms with Gasteiger partial charge < -0.3 is 5.73 Å². The lowest BCUT2D eigenvalue weighted by Gasteiger charge is -1.95. The molecule has 1 nitrogen and oxygen atoms in total. The first-order valence-corrected chi connectivity index (χ1v) is 3.49. The average Bonchev–Trinajstić information content (AvgIpc) is 1.65. The van der Waals surface area contributed by atoms with Gasteiger partial charge >= 0.3 is 0 Å². The molecule has 0 aliphatic rings. The van der Waals surface area contributed by atoms with Crippen molar-refractivity contribution in [3.8, 4) is 0 Å². The number of halogens is 2. The van der Waals surface area contributed by atoms with Gasteiger partial charge in [0.2, 0.25) is 0 Å². The van der Waals surface area contributed by atoms with Crippen molar-refractivity contribution < 1.29 is 0 Å². The Balaban J connectivity index is 2.75. The number of rotatable bonds is 2. The second-order valence-corrected chi connectivity index (χ2v) is 3.06. The molecule has 2 N–H and O–H groups in total. The number of hydrogen-bond acceptors (Lipinski definition) is 1. The van der Waals surface area contributed by atoms with Gasteiger partial charge in [-0.3, -0.25) is 0 Å². The molecule has 3 heteroatoms. The van der Waals surface area contributed by atoms with Crippen molar-refractivity contribution in [1.82, 2.24) is 0 Å². The minimum Gasteiger partial charge on any atom is -0.329 e. The maximum Gasteiger partial charge on any atom is 0.0368 e. The Labute approximate surface area is 56.4 Å². The summed E-state index contributed by atoms with van der Waals surface area (Å²) in [7, 11) is 0. The van der Waals surface area contributed by atoms with Crippen LogP contribution in [0.1, 0.15) is 0 Å². The fourth-order valence-electron chi connectivity index (χ4n) is 0.0630. The molecule has 0 aromatic carbocycles. The minimum absolute atomic E-state index is 0.448. The van der Waals surface area contributed by atoms with Gasteiger partial charge in [0.1, 0.15) is 0 Å². The molecule has 0 aromatic rings. The molecule has 0 fully saturated rings. The summed E-state index contributed by atoms with van der Waals surface area (Å²) in [5.41, 5.74) is 5.19. The van der Waals surface area contributed by atoms with Gasteiger partial charge in [0.05, 0.1) is 0 Å². The molecule has 1 atom stereocenters. The van der Waals surface area contributed by atoms with Crippen LogP contribution in [0, 0.1) is 0 Å². The first-order valence-electron chi connectivity index (χ1n) is 1.71. The van der Waals surface area contributed by atoms with Gasteiger partial charge in [0.25, 0.3) is 0 Å². The molecule has 1 unspecified atom stereocenters. The third-order valence-corrected chi connectivity index (χ3v) is 2.27. The van der Waals surface area contributed by atoms with E-state index in [1.807, 2.05) is 0 Å². The highest BCUT2D eigenvalue weighted by molar-refractivity contribution is 14.1. The van der Waals surface area contributed by atoms with Crippen molar-refractivity contribution in [2.24, 2.45) is 5.73 Å². The average molecular weight is 219 g/mol. The minimum atomic E-state index is 0.448. The van der Waals surface area contributed by atoms with E-state index in [2.05, 4.69) is 22.6 Å². The van der Waals surface area contributed by atoms with Crippen LogP contribution in [-0.4, -0.2) is 16.3 Å². The van der Waals surface area contributed by atoms with Gasteiger partial charge in [-0.15, -0.1) is 11.6 Å². The summed E-state index contributed by atoms with van der Waals surface area (Å²) in [4.78, 5) is 0. The maximum absolute atomic E-state index is 5.36. The van der Waals surface area contributed by atoms with Crippen molar-refractivity contribution >= 4 is 34.2 Å². The molecule has 0 rings (SSSR count). The Hall–Kier alpha value is 0.980. The van der Waals surface area contributed by atoms with E-state index in [0.29, 0.717) is 16.3 Å². The highest BCUT2D eigenvalue weighted by Crippen LogP contribution is 1.98. The lowest BCUT2D eigenvalue weighted by atomic mass is 10.5. The van der Waals surface area contributed by atoms with Crippen molar-refractivity contribution in [3.63, 3.8) is 0 Å². The maximum atomic E-state index is 5.36. The van der Waals surface area contributed by atoms with Gasteiger partial charge in [-0.1, -0.05) is 22.6 Å². The fraction of sp³-hybridized carbons (Fsp3) is 1.00. The van der Waals surface area contributed by atoms with Crippen molar-refractivity contribution in [2.75, 3.05) is 12.4 Å². The van der Waals surface area contributed by atoms with Crippen LogP contribution in [0.5, 0.6) is 0 Å². The highest BCUT2D eigenvalue weighted by atomic mass is 127. The lowest BCUT2D eigenvalue weighted by Crippen LogP contribution is -2.13. The highest BCUT2D eigenvalue weighted by Gasteiger charge is 1.93. The molecule has 0 bridgehead atoms. The Morgan fingerprint density at radius 3 is 2.33 bits per heavy atom. The predicted octanol–water partition coefficient (Wildman–Crippen LogP) is 0.988. The number of alkyl halides is 2. The van der Waals surface area contributed by atoms with E-state index in [1.54, 1.807) is 0 Å². The van der Waals surface area contributed by atoms with E-state index in [0.717, 1.165) is 0 Å². The second-order valence-electron chi connectivity index (χ2n) is 0.987. The van der Waals surface area contributed by atoms with Gasteiger partial charge in [0, 0.05) is 16.3 Å². The van der Waals surface area contributed by atoms with Crippen molar-refractivity contribution in [2.45, 2.75) is 3.92 Å². The Morgan fingerprint density at radius 2 is 2.33 bits per heavy atom. The van der Waals surface area contributed by atoms with Gasteiger partial charge in [-0.05, 0) is 0 Å². The van der Waals surface area contributed by atoms with Crippen LogP contribution < -0.4 is 5.73 Å². The molecule has 0 amide bonds. The number of hydrogen-bond donors (Lipinski definition) is 1. The Morgan fingerprint density at radius 1 is 1.83 bits per heavy atom. The first-order chi connectivity index (χ1) is 2.81. The fourth-order valence-corrected chi connectivity index (χ4v) is 0.189. The van der Waals surface area contributed by atoms with E-state index in [-0.39, 0.29) is 0 Å². The zero-order chi connectivity index (χ0) is 4.99. The SMILES string of the molecule is NCC(I)CCl. The lowest BCUT2D eigenvalue weighted by molar-refractivity contribution is 0.990. The predicted molar refractivity (Wildman–Crippen MR) is 37.6 cm³/mol. The van der Waals surface area contributed by atoms with E-state index in [4.69, 9.17) is 17.3 Å². The van der Waals surface area contributed by atoms with Crippen LogP contribution in [0.4, 0.5) is 0 Å². The zero-order valence-electron chi connectivity index (χ0n) is 3.32. The van der Waals surface area contributed by atoms with Gasteiger partial charge in [-0.25, -0.2) is 0 Å². The molecule has 0 aromatic heterocycles. The molecule has 0 aliphatic carbocycles. The molecule has 0 radical (unpaired) electrons. The summed E-state index contributed by atoms with van der Waals surface area (Å²) in [6, 6.07) is 0. The molecular weight excluding hydrogens is 212 g/mol. The largest absolute Gasteiger partial charge is 0.329 e. The van der Waals surface area contributed by atoms with Gasteiger partial charge in [0.15, 0.2) is 0 Å². The molecule has 0 saturated carbocycles. The van der Waals surface area contributed by atoms with Crippen LogP contribution in [0.25, 0.3) is 0 Å². The van der Waals surface area contributed by atoms with Crippen LogP contribution in [0.15, 0.2) is 0 Å². The smallest absolute Gasteiger partial charge is 0.0368 e. The summed E-state index contributed by atoms with van der Waals surface area (Å²) in [5, 5.41) is 0. The van der Waals surface area contributed by atoms with Crippen LogP contribution in [0.2, 0.25) is 0 Å². The molecular formula is C3H7ClIN. The summed E-state index contributed by atoms with van der Waals surface area (Å²) in [6.07, 6.45) is 0. The van der Waals surface area contributed by atoms with Crippen molar-refractivity contribution in [3.05, 3.63) is 0 Å². The quantitative estimate of drug-likeness (QED) is 0.544. The summed E-state index contributed by atoms with van der Waals surface area (Å²) >= 11 is 7.58. The Bertz CT molecular complexity index is 30.0. The molecule has 0 saturated heterocycles. The standard InChI is InChI=1S/C3H7ClIN/c4-1-3(5)2-6/h3H,1-2,6H2. The summed E-state index contributed by atoms with van der Waals surface area (Å²) in [5.74, 6) is 0.664. The molecule has 6 heavy (non-hydrogen) atoms. The van der Waals surface area contributed by atoms with E-state index >= 15 is 0 Å². The molecule has 0 heterocycles. The number of nitrogens with two attached hydrogens (primary N) is 1. The third kappa shape index (κ3) is 3.18. The van der Waals surface area contributed by atoms with Crippen molar-refractivity contribution in [1.29, 1.82) is 0 Å². The third-order valence-electron chi connectivity index (χ3n) is 0.423. The van der Waals surface area contributed by atoms with Gasteiger partial charge in [-0.2, -0.15) is 0 Å². The zero-order valence-corrected chi connectivity index (χ0v) is 6.24. The van der Waals surface area contributed by atoms with E-state index in [9.17, 15) is 0 Å². The summed E-state index contributed by atoms with van der Waals surface area (Å²) in [6.45, 7) is 0.685. The molecule has 38 valence electrons. The van der Waals surface area contributed by atoms with Crippen LogP contribution in [0.3, 0.4) is 0 Å². The van der Waals surface area contributed by atoms with E-state index < -0.39 is 0 Å². The Kier molecular flexibility index (Phi) is 4.82.